The van der Waals surface area contributed by atoms with E-state index in [1.54, 1.807) is 19.1 Å². The molecule has 3 rings (SSSR count). The molecule has 144 valence electrons. The Balaban J connectivity index is 1.81. The van der Waals surface area contributed by atoms with Crippen molar-refractivity contribution in [2.75, 3.05) is 26.2 Å². The first kappa shape index (κ1) is 20.2. The van der Waals surface area contributed by atoms with Gasteiger partial charge in [-0.05, 0) is 32.4 Å². The molecule has 4 nitrogen and oxygen atoms in total. The number of halogens is 4. The summed E-state index contributed by atoms with van der Waals surface area (Å²) in [6.07, 6.45) is 0.418. The second-order valence-corrected chi connectivity index (χ2v) is 9.14. The molecule has 1 saturated carbocycles. The predicted octanol–water partition coefficient (Wildman–Crippen LogP) is 3.94. The van der Waals surface area contributed by atoms with Crippen LogP contribution in [0.15, 0.2) is 18.2 Å². The van der Waals surface area contributed by atoms with Crippen molar-refractivity contribution in [1.29, 1.82) is 0 Å². The highest BCUT2D eigenvalue weighted by Crippen LogP contribution is 2.63. The maximum atomic E-state index is 14.5. The van der Waals surface area contributed by atoms with Crippen molar-refractivity contribution in [2.24, 2.45) is 5.41 Å². The molecule has 1 saturated heterocycles. The van der Waals surface area contributed by atoms with Gasteiger partial charge in [-0.25, -0.2) is 4.39 Å². The van der Waals surface area contributed by atoms with E-state index in [0.717, 1.165) is 0 Å². The van der Waals surface area contributed by atoms with Crippen LogP contribution in [0.25, 0.3) is 0 Å². The summed E-state index contributed by atoms with van der Waals surface area (Å²) < 4.78 is 19.1. The van der Waals surface area contributed by atoms with Gasteiger partial charge in [0.1, 0.15) is 10.2 Å². The zero-order chi connectivity index (χ0) is 19.1. The third-order valence-electron chi connectivity index (χ3n) is 5.26. The van der Waals surface area contributed by atoms with Crippen LogP contribution >= 0.6 is 34.8 Å². The quantitative estimate of drug-likeness (QED) is 0.729. The number of hydrogen-bond acceptors (Lipinski definition) is 3. The molecule has 1 amide bonds. The van der Waals surface area contributed by atoms with Gasteiger partial charge in [-0.1, -0.05) is 17.7 Å². The Bertz CT molecular complexity index is 683. The first-order valence-corrected chi connectivity index (χ1v) is 9.75. The standard InChI is InChI=1S/C18H22Cl3FN2O2/c1-11-9-24(6-7-26-11)14(15-12(19)4-3-5-13(15)22)8-23-16(25)17(2)10-18(17,20)21/h3-5,11,14H,6-10H2,1-2H3,(H,23,25). The van der Waals surface area contributed by atoms with Crippen LogP contribution in [0, 0.1) is 11.2 Å². The molecular weight excluding hydrogens is 402 g/mol. The van der Waals surface area contributed by atoms with Gasteiger partial charge in [-0.15, -0.1) is 23.2 Å². The zero-order valence-corrected chi connectivity index (χ0v) is 17.0. The lowest BCUT2D eigenvalue weighted by Gasteiger charge is -2.38. The topological polar surface area (TPSA) is 41.6 Å². The molecule has 1 heterocycles. The zero-order valence-electron chi connectivity index (χ0n) is 14.7. The summed E-state index contributed by atoms with van der Waals surface area (Å²) in [5.74, 6) is -0.626. The summed E-state index contributed by atoms with van der Waals surface area (Å²) >= 11 is 18.5. The fraction of sp³-hybridized carbons (Fsp3) is 0.611. The van der Waals surface area contributed by atoms with Gasteiger partial charge < -0.3 is 10.1 Å². The van der Waals surface area contributed by atoms with E-state index in [1.165, 1.54) is 6.07 Å². The number of benzene rings is 1. The van der Waals surface area contributed by atoms with E-state index in [9.17, 15) is 9.18 Å². The smallest absolute Gasteiger partial charge is 0.229 e. The third-order valence-corrected chi connectivity index (χ3v) is 6.69. The lowest BCUT2D eigenvalue weighted by atomic mass is 10.0. The highest BCUT2D eigenvalue weighted by Gasteiger charge is 2.67. The van der Waals surface area contributed by atoms with Gasteiger partial charge in [0.05, 0.1) is 24.2 Å². The van der Waals surface area contributed by atoms with Crippen molar-refractivity contribution in [3.8, 4) is 0 Å². The average molecular weight is 424 g/mol. The van der Waals surface area contributed by atoms with E-state index in [1.807, 2.05) is 6.92 Å². The summed E-state index contributed by atoms with van der Waals surface area (Å²) in [6.45, 7) is 5.70. The van der Waals surface area contributed by atoms with Crippen LogP contribution in [0.4, 0.5) is 4.39 Å². The summed E-state index contributed by atoms with van der Waals surface area (Å²) in [5.41, 5.74) is -0.439. The molecule has 1 aromatic carbocycles. The van der Waals surface area contributed by atoms with Crippen molar-refractivity contribution in [1.82, 2.24) is 10.2 Å². The van der Waals surface area contributed by atoms with E-state index in [-0.39, 0.29) is 18.6 Å². The number of nitrogens with one attached hydrogen (secondary N) is 1. The number of morpholine rings is 1. The van der Waals surface area contributed by atoms with Crippen LogP contribution in [-0.2, 0) is 9.53 Å². The molecule has 2 aliphatic rings. The van der Waals surface area contributed by atoms with Crippen LogP contribution in [0.3, 0.4) is 0 Å². The van der Waals surface area contributed by atoms with E-state index >= 15 is 0 Å². The lowest BCUT2D eigenvalue weighted by Crippen LogP contribution is -2.47. The average Bonchev–Trinajstić information content (AvgIpc) is 3.09. The Kier molecular flexibility index (Phi) is 5.76. The van der Waals surface area contributed by atoms with E-state index in [0.29, 0.717) is 36.7 Å². The summed E-state index contributed by atoms with van der Waals surface area (Å²) in [4.78, 5) is 14.6. The Morgan fingerprint density at radius 2 is 2.19 bits per heavy atom. The van der Waals surface area contributed by atoms with Gasteiger partial charge in [0.25, 0.3) is 0 Å². The van der Waals surface area contributed by atoms with E-state index < -0.39 is 21.6 Å². The lowest BCUT2D eigenvalue weighted by molar-refractivity contribution is -0.126. The van der Waals surface area contributed by atoms with Crippen molar-refractivity contribution < 1.29 is 13.9 Å². The number of carbonyl (C=O) groups excluding carboxylic acids is 1. The first-order valence-electron chi connectivity index (χ1n) is 8.61. The minimum absolute atomic E-state index is 0.0202. The minimum atomic E-state index is -1.05. The van der Waals surface area contributed by atoms with Gasteiger partial charge in [0, 0.05) is 30.2 Å². The molecule has 1 aliphatic heterocycles. The molecule has 0 aromatic heterocycles. The van der Waals surface area contributed by atoms with E-state index in [2.05, 4.69) is 10.2 Å². The van der Waals surface area contributed by atoms with Gasteiger partial charge in [0.2, 0.25) is 5.91 Å². The van der Waals surface area contributed by atoms with Crippen LogP contribution in [0.5, 0.6) is 0 Å². The molecule has 1 aromatic rings. The molecule has 0 bridgehead atoms. The largest absolute Gasteiger partial charge is 0.376 e. The molecule has 3 unspecified atom stereocenters. The normalized spacial score (nSPS) is 29.2. The summed E-state index contributed by atoms with van der Waals surface area (Å²) in [7, 11) is 0. The highest BCUT2D eigenvalue weighted by molar-refractivity contribution is 6.53. The molecule has 2 fully saturated rings. The van der Waals surface area contributed by atoms with Gasteiger partial charge in [-0.2, -0.15) is 0 Å². The second-order valence-electron chi connectivity index (χ2n) is 7.25. The predicted molar refractivity (Wildman–Crippen MR) is 101 cm³/mol. The Morgan fingerprint density at radius 3 is 2.77 bits per heavy atom. The fourth-order valence-electron chi connectivity index (χ4n) is 3.40. The SMILES string of the molecule is CC1CN(C(CNC(=O)C2(C)CC2(Cl)Cl)c2c(F)cccc2Cl)CCO1. The third kappa shape index (κ3) is 3.83. The Hall–Kier alpha value is -0.590. The van der Waals surface area contributed by atoms with Crippen molar-refractivity contribution in [2.45, 2.75) is 36.7 Å². The molecule has 1 N–H and O–H groups in total. The number of ether oxygens (including phenoxy) is 1. The molecule has 0 radical (unpaired) electrons. The molecule has 0 spiro atoms. The maximum absolute atomic E-state index is 14.5. The summed E-state index contributed by atoms with van der Waals surface area (Å²) in [6, 6.07) is 4.20. The molecular formula is C18H22Cl3FN2O2. The first-order chi connectivity index (χ1) is 12.2. The van der Waals surface area contributed by atoms with Gasteiger partial charge in [0.15, 0.2) is 0 Å². The van der Waals surface area contributed by atoms with Crippen LogP contribution in [0.2, 0.25) is 5.02 Å². The molecule has 1 aliphatic carbocycles. The fourth-order valence-corrected chi connectivity index (χ4v) is 4.40. The van der Waals surface area contributed by atoms with Gasteiger partial charge in [-0.3, -0.25) is 9.69 Å². The number of hydrogen-bond donors (Lipinski definition) is 1. The Labute approximate surface area is 167 Å². The van der Waals surface area contributed by atoms with Crippen molar-refractivity contribution in [3.05, 3.63) is 34.6 Å². The number of nitrogens with zero attached hydrogens (tertiary/aromatic N) is 1. The number of carbonyl (C=O) groups is 1. The minimum Gasteiger partial charge on any atom is -0.376 e. The van der Waals surface area contributed by atoms with Crippen molar-refractivity contribution in [3.63, 3.8) is 0 Å². The maximum Gasteiger partial charge on any atom is 0.229 e. The number of alkyl halides is 2. The number of amides is 1. The molecule has 26 heavy (non-hydrogen) atoms. The Morgan fingerprint density at radius 1 is 1.50 bits per heavy atom. The number of rotatable bonds is 5. The molecule has 3 atom stereocenters. The van der Waals surface area contributed by atoms with Crippen LogP contribution in [-0.4, -0.2) is 47.5 Å². The van der Waals surface area contributed by atoms with Crippen LogP contribution < -0.4 is 5.32 Å². The van der Waals surface area contributed by atoms with Crippen molar-refractivity contribution >= 4 is 40.7 Å². The monoisotopic (exact) mass is 422 g/mol. The summed E-state index contributed by atoms with van der Waals surface area (Å²) in [5, 5.41) is 3.23. The van der Waals surface area contributed by atoms with Crippen LogP contribution in [0.1, 0.15) is 31.9 Å². The highest BCUT2D eigenvalue weighted by atomic mass is 35.5. The van der Waals surface area contributed by atoms with Gasteiger partial charge >= 0.3 is 0 Å². The van der Waals surface area contributed by atoms with E-state index in [4.69, 9.17) is 39.5 Å². The second kappa shape index (κ2) is 7.44. The molecule has 8 heteroatoms.